The van der Waals surface area contributed by atoms with E-state index in [-0.39, 0.29) is 11.7 Å². The molecule has 0 radical (unpaired) electrons. The number of halogens is 1. The van der Waals surface area contributed by atoms with Crippen molar-refractivity contribution >= 4 is 37.5 Å². The van der Waals surface area contributed by atoms with Crippen LogP contribution in [0.3, 0.4) is 0 Å². The number of sulfonamides is 1. The lowest BCUT2D eigenvalue weighted by atomic mass is 10.2. The average Bonchev–Trinajstić information content (AvgIpc) is 3.31. The second-order valence-electron chi connectivity index (χ2n) is 7.96. The Balaban J connectivity index is 1.34. The fourth-order valence-electron chi connectivity index (χ4n) is 3.79. The molecule has 1 fully saturated rings. The lowest BCUT2D eigenvalue weighted by Crippen LogP contribution is -2.49. The van der Waals surface area contributed by atoms with Gasteiger partial charge >= 0.3 is 0 Å². The van der Waals surface area contributed by atoms with Crippen LogP contribution >= 0.6 is 11.3 Å². The maximum Gasteiger partial charge on any atom is 0.261 e. The Morgan fingerprint density at radius 1 is 1.19 bits per heavy atom. The van der Waals surface area contributed by atoms with Gasteiger partial charge in [0.25, 0.3) is 5.91 Å². The molecule has 0 atom stereocenters. The Morgan fingerprint density at radius 3 is 2.53 bits per heavy atom. The number of aromatic nitrogens is 2. The molecule has 0 bridgehead atoms. The molecule has 3 aromatic rings. The first-order valence-electron chi connectivity index (χ1n) is 10.4. The minimum absolute atomic E-state index is 0.131. The number of hydrogen-bond donors (Lipinski definition) is 1. The first-order chi connectivity index (χ1) is 15.2. The van der Waals surface area contributed by atoms with E-state index in [1.165, 1.54) is 34.0 Å². The van der Waals surface area contributed by atoms with Crippen LogP contribution in [0, 0.1) is 12.7 Å². The van der Waals surface area contributed by atoms with Gasteiger partial charge in [-0.2, -0.15) is 9.40 Å². The Labute approximate surface area is 190 Å². The van der Waals surface area contributed by atoms with Gasteiger partial charge in [-0.25, -0.2) is 12.8 Å². The van der Waals surface area contributed by atoms with Crippen LogP contribution in [-0.2, 0) is 16.6 Å². The highest BCUT2D eigenvalue weighted by atomic mass is 32.2. The second-order valence-corrected chi connectivity index (χ2v) is 11.0. The van der Waals surface area contributed by atoms with Crippen LogP contribution in [-0.4, -0.2) is 78.8 Å². The highest BCUT2D eigenvalue weighted by molar-refractivity contribution is 7.88. The molecule has 1 saturated heterocycles. The second kappa shape index (κ2) is 9.26. The standard InChI is InChI=1S/C21H26FN5O3S2/c1-15-18-13-19(31-21(18)27(24-15)14-16-3-5-17(22)6-4-16)20(28)23-7-8-25-9-11-26(12-10-25)32(2,29)30/h3-6,13H,7-12,14H2,1-2H3,(H,23,28). The average molecular weight is 480 g/mol. The van der Waals surface area contributed by atoms with E-state index in [2.05, 4.69) is 15.3 Å². The predicted octanol–water partition coefficient (Wildman–Crippen LogP) is 1.90. The molecule has 8 nitrogen and oxygen atoms in total. The number of amides is 1. The third-order valence-electron chi connectivity index (χ3n) is 5.59. The number of rotatable bonds is 7. The van der Waals surface area contributed by atoms with Gasteiger partial charge in [0.15, 0.2) is 0 Å². The van der Waals surface area contributed by atoms with Crippen molar-refractivity contribution < 1.29 is 17.6 Å². The molecule has 3 heterocycles. The van der Waals surface area contributed by atoms with Crippen LogP contribution in [0.1, 0.15) is 20.9 Å². The molecule has 0 aliphatic carbocycles. The summed E-state index contributed by atoms with van der Waals surface area (Å²) in [6, 6.07) is 8.18. The normalized spacial score (nSPS) is 16.0. The SMILES string of the molecule is Cc1nn(Cc2ccc(F)cc2)c2sc(C(=O)NCCN3CCN(S(C)(=O)=O)CC3)cc12. The van der Waals surface area contributed by atoms with Crippen LogP contribution in [0.25, 0.3) is 10.2 Å². The van der Waals surface area contributed by atoms with Crippen molar-refractivity contribution in [3.63, 3.8) is 0 Å². The molecule has 1 aromatic carbocycles. The molecule has 1 amide bonds. The zero-order valence-electron chi connectivity index (χ0n) is 18.0. The first-order valence-corrected chi connectivity index (χ1v) is 13.0. The van der Waals surface area contributed by atoms with Crippen molar-refractivity contribution in [2.45, 2.75) is 13.5 Å². The molecule has 32 heavy (non-hydrogen) atoms. The molecule has 0 saturated carbocycles. The molecule has 172 valence electrons. The number of thiophene rings is 1. The van der Waals surface area contributed by atoms with E-state index in [1.807, 2.05) is 17.7 Å². The number of nitrogens with one attached hydrogen (secondary N) is 1. The van der Waals surface area contributed by atoms with E-state index in [0.29, 0.717) is 50.7 Å². The molecule has 1 N–H and O–H groups in total. The van der Waals surface area contributed by atoms with Crippen LogP contribution in [0.5, 0.6) is 0 Å². The minimum Gasteiger partial charge on any atom is -0.350 e. The summed E-state index contributed by atoms with van der Waals surface area (Å²) in [7, 11) is -3.14. The van der Waals surface area contributed by atoms with Crippen LogP contribution in [0.2, 0.25) is 0 Å². The maximum atomic E-state index is 13.2. The van der Waals surface area contributed by atoms with Gasteiger partial charge in [0.1, 0.15) is 10.6 Å². The van der Waals surface area contributed by atoms with Gasteiger partial charge < -0.3 is 5.32 Å². The molecule has 1 aliphatic heterocycles. The van der Waals surface area contributed by atoms with Crippen molar-refractivity contribution in [1.82, 2.24) is 24.3 Å². The molecular weight excluding hydrogens is 453 g/mol. The summed E-state index contributed by atoms with van der Waals surface area (Å²) in [6.45, 7) is 5.85. The number of carbonyl (C=O) groups is 1. The molecule has 0 spiro atoms. The number of nitrogens with zero attached hydrogens (tertiary/aromatic N) is 4. The van der Waals surface area contributed by atoms with Gasteiger partial charge in [0, 0.05) is 44.7 Å². The predicted molar refractivity (Wildman–Crippen MR) is 123 cm³/mol. The zero-order chi connectivity index (χ0) is 22.9. The Morgan fingerprint density at radius 2 is 1.88 bits per heavy atom. The van der Waals surface area contributed by atoms with Gasteiger partial charge in [-0.05, 0) is 30.7 Å². The van der Waals surface area contributed by atoms with E-state index < -0.39 is 10.0 Å². The fourth-order valence-corrected chi connectivity index (χ4v) is 5.70. The fraction of sp³-hybridized carbons (Fsp3) is 0.429. The molecule has 2 aromatic heterocycles. The van der Waals surface area contributed by atoms with Gasteiger partial charge in [0.2, 0.25) is 10.0 Å². The molecule has 4 rings (SSSR count). The maximum absolute atomic E-state index is 13.2. The van der Waals surface area contributed by atoms with E-state index >= 15 is 0 Å². The molecule has 11 heteroatoms. The lowest BCUT2D eigenvalue weighted by Gasteiger charge is -2.33. The van der Waals surface area contributed by atoms with E-state index in [4.69, 9.17) is 0 Å². The van der Waals surface area contributed by atoms with Crippen molar-refractivity contribution in [2.24, 2.45) is 0 Å². The summed E-state index contributed by atoms with van der Waals surface area (Å²) >= 11 is 1.39. The quantitative estimate of drug-likeness (QED) is 0.559. The number of carbonyl (C=O) groups excluding carboxylic acids is 1. The van der Waals surface area contributed by atoms with Crippen LogP contribution in [0.15, 0.2) is 30.3 Å². The van der Waals surface area contributed by atoms with Crippen molar-refractivity contribution in [2.75, 3.05) is 45.5 Å². The highest BCUT2D eigenvalue weighted by Crippen LogP contribution is 2.29. The molecule has 1 aliphatic rings. The highest BCUT2D eigenvalue weighted by Gasteiger charge is 2.23. The van der Waals surface area contributed by atoms with Crippen molar-refractivity contribution in [1.29, 1.82) is 0 Å². The number of benzene rings is 1. The molecular formula is C21H26FN5O3S2. The summed E-state index contributed by atoms with van der Waals surface area (Å²) in [5.74, 6) is -0.406. The summed E-state index contributed by atoms with van der Waals surface area (Å²) in [4.78, 5) is 16.4. The van der Waals surface area contributed by atoms with Crippen LogP contribution < -0.4 is 5.32 Å². The summed E-state index contributed by atoms with van der Waals surface area (Å²) in [5.41, 5.74) is 1.78. The van der Waals surface area contributed by atoms with Gasteiger partial charge in [0.05, 0.1) is 23.4 Å². The third kappa shape index (κ3) is 5.17. The smallest absolute Gasteiger partial charge is 0.261 e. The van der Waals surface area contributed by atoms with Gasteiger partial charge in [-0.1, -0.05) is 12.1 Å². The Hall–Kier alpha value is -2.34. The summed E-state index contributed by atoms with van der Waals surface area (Å²) in [5, 5.41) is 8.47. The number of hydrogen-bond acceptors (Lipinski definition) is 6. The largest absolute Gasteiger partial charge is 0.350 e. The Bertz CT molecular complexity index is 1210. The monoisotopic (exact) mass is 479 g/mol. The minimum atomic E-state index is -3.14. The number of aryl methyl sites for hydroxylation is 1. The van der Waals surface area contributed by atoms with E-state index in [1.54, 1.807) is 12.1 Å². The number of piperazine rings is 1. The number of fused-ring (bicyclic) bond motifs is 1. The van der Waals surface area contributed by atoms with Gasteiger partial charge in [-0.3, -0.25) is 14.4 Å². The van der Waals surface area contributed by atoms with E-state index in [0.717, 1.165) is 21.5 Å². The first kappa shape index (κ1) is 22.8. The summed E-state index contributed by atoms with van der Waals surface area (Å²) < 4.78 is 39.7. The molecule has 0 unspecified atom stereocenters. The Kier molecular flexibility index (Phi) is 6.61. The van der Waals surface area contributed by atoms with Crippen molar-refractivity contribution in [3.8, 4) is 0 Å². The lowest BCUT2D eigenvalue weighted by molar-refractivity contribution is 0.0949. The van der Waals surface area contributed by atoms with E-state index in [9.17, 15) is 17.6 Å². The van der Waals surface area contributed by atoms with Crippen molar-refractivity contribution in [3.05, 3.63) is 52.3 Å². The van der Waals surface area contributed by atoms with Gasteiger partial charge in [-0.15, -0.1) is 11.3 Å². The topological polar surface area (TPSA) is 87.5 Å². The zero-order valence-corrected chi connectivity index (χ0v) is 19.7. The van der Waals surface area contributed by atoms with Crippen LogP contribution in [0.4, 0.5) is 4.39 Å². The summed E-state index contributed by atoms with van der Waals surface area (Å²) in [6.07, 6.45) is 1.23. The third-order valence-corrected chi connectivity index (χ3v) is 8.04.